The standard InChI is InChI=1S/C42H54N6O6/c1-4-53-42(52)54-28-48-27-35-23-30(21-29(2)40(35)43-48)22-34(41(51)47-19-17-45(18-20-47)36-11-13-44(3)14-12-36)26-39(50)46-15-9-31(10-16-46)37-24-32-7-5-6-8-33(32)25-38(37)49/h5-8,21,23-24,27,31,34,36H,4,9-20,22,25-26,28H2,1-3H3/t34-/m0/s1. The number of hydrogen-bond donors (Lipinski definition) is 0. The van der Waals surface area contributed by atoms with Gasteiger partial charge in [0.25, 0.3) is 0 Å². The van der Waals surface area contributed by atoms with Gasteiger partial charge < -0.3 is 24.2 Å². The summed E-state index contributed by atoms with van der Waals surface area (Å²) in [6, 6.07) is 12.7. The number of carbonyl (C=O) groups excluding carboxylic acids is 4. The predicted octanol–water partition coefficient (Wildman–Crippen LogP) is 4.71. The Hall–Kier alpha value is -4.55. The molecule has 0 bridgehead atoms. The molecule has 4 aliphatic rings. The van der Waals surface area contributed by atoms with Crippen LogP contribution in [0.15, 0.2) is 48.2 Å². The highest BCUT2D eigenvalue weighted by Crippen LogP contribution is 2.33. The number of piperidine rings is 2. The second-order valence-electron chi connectivity index (χ2n) is 15.5. The van der Waals surface area contributed by atoms with Crippen LogP contribution in [0.2, 0.25) is 0 Å². The van der Waals surface area contributed by atoms with Crippen molar-refractivity contribution in [3.63, 3.8) is 0 Å². The Morgan fingerprint density at radius 2 is 1.65 bits per heavy atom. The molecule has 0 spiro atoms. The molecule has 12 nitrogen and oxygen atoms in total. The van der Waals surface area contributed by atoms with Gasteiger partial charge in [-0.05, 0) is 112 Å². The summed E-state index contributed by atoms with van der Waals surface area (Å²) in [7, 11) is 2.18. The zero-order valence-electron chi connectivity index (χ0n) is 32.0. The van der Waals surface area contributed by atoms with Gasteiger partial charge in [0, 0.05) is 69.7 Å². The number of Topliss-reactive ketones (excluding diaryl/α,β-unsaturated/α-hetero) is 1. The van der Waals surface area contributed by atoms with E-state index >= 15 is 0 Å². The van der Waals surface area contributed by atoms with Crippen molar-refractivity contribution in [2.75, 3.05) is 66.0 Å². The number of carbonyl (C=O) groups is 4. The average Bonchev–Trinajstić information content (AvgIpc) is 3.60. The van der Waals surface area contributed by atoms with Crippen LogP contribution >= 0.6 is 0 Å². The summed E-state index contributed by atoms with van der Waals surface area (Å²) >= 11 is 0. The van der Waals surface area contributed by atoms with E-state index in [2.05, 4.69) is 34.1 Å². The van der Waals surface area contributed by atoms with Crippen LogP contribution in [-0.4, -0.2) is 125 Å². The molecule has 3 aliphatic heterocycles. The van der Waals surface area contributed by atoms with E-state index in [1.54, 1.807) is 11.6 Å². The predicted molar refractivity (Wildman–Crippen MR) is 205 cm³/mol. The van der Waals surface area contributed by atoms with E-state index in [9.17, 15) is 19.2 Å². The van der Waals surface area contributed by atoms with Crippen LogP contribution in [0, 0.1) is 18.8 Å². The number of rotatable bonds is 10. The van der Waals surface area contributed by atoms with Crippen LogP contribution in [0.4, 0.5) is 4.79 Å². The third-order valence-corrected chi connectivity index (χ3v) is 11.9. The van der Waals surface area contributed by atoms with E-state index in [0.29, 0.717) is 45.1 Å². The molecule has 3 aromatic rings. The quantitative estimate of drug-likeness (QED) is 0.273. The molecule has 54 heavy (non-hydrogen) atoms. The average molecular weight is 739 g/mol. The Morgan fingerprint density at radius 3 is 2.39 bits per heavy atom. The minimum atomic E-state index is -0.748. The maximum atomic E-state index is 14.4. The SMILES string of the molecule is CCOC(=O)OCn1cc2cc(C[C@@H](CC(=O)N3CCC(C4=Cc5ccccc5CC4=O)CC3)C(=O)N3CCN(C4CCN(C)CC4)CC3)cc(C)c2n1. The molecule has 7 rings (SSSR count). The molecule has 2 amide bonds. The maximum absolute atomic E-state index is 14.4. The lowest BCUT2D eigenvalue weighted by Crippen LogP contribution is -2.55. The Morgan fingerprint density at radius 1 is 0.907 bits per heavy atom. The van der Waals surface area contributed by atoms with Crippen LogP contribution in [0.5, 0.6) is 0 Å². The molecule has 1 atom stereocenters. The third-order valence-electron chi connectivity index (χ3n) is 11.9. The first-order valence-electron chi connectivity index (χ1n) is 19.7. The maximum Gasteiger partial charge on any atom is 0.510 e. The van der Waals surface area contributed by atoms with E-state index in [0.717, 1.165) is 90.6 Å². The van der Waals surface area contributed by atoms with Crippen molar-refractivity contribution in [1.29, 1.82) is 0 Å². The number of piperazine rings is 1. The minimum absolute atomic E-state index is 0.00667. The van der Waals surface area contributed by atoms with Gasteiger partial charge >= 0.3 is 6.16 Å². The molecule has 12 heteroatoms. The highest BCUT2D eigenvalue weighted by Gasteiger charge is 2.35. The molecule has 288 valence electrons. The van der Waals surface area contributed by atoms with Crippen molar-refractivity contribution in [3.8, 4) is 0 Å². The Bertz CT molecular complexity index is 1880. The van der Waals surface area contributed by atoms with E-state index < -0.39 is 12.1 Å². The zero-order chi connectivity index (χ0) is 37.8. The number of benzene rings is 2. The highest BCUT2D eigenvalue weighted by atomic mass is 16.7. The third kappa shape index (κ3) is 8.70. The lowest BCUT2D eigenvalue weighted by molar-refractivity contribution is -0.143. The molecule has 0 unspecified atom stereocenters. The molecule has 1 aromatic heterocycles. The number of amides is 2. The first kappa shape index (κ1) is 37.8. The molecule has 0 N–H and O–H groups in total. The summed E-state index contributed by atoms with van der Waals surface area (Å²) in [4.78, 5) is 62.1. The number of ketones is 1. The summed E-state index contributed by atoms with van der Waals surface area (Å²) < 4.78 is 11.6. The smallest absolute Gasteiger partial charge is 0.435 e. The van der Waals surface area contributed by atoms with Crippen molar-refractivity contribution in [2.45, 2.75) is 71.6 Å². The van der Waals surface area contributed by atoms with Crippen molar-refractivity contribution in [1.82, 2.24) is 29.4 Å². The number of aryl methyl sites for hydroxylation is 1. The lowest BCUT2D eigenvalue weighted by atomic mass is 9.80. The molecular weight excluding hydrogens is 684 g/mol. The second kappa shape index (κ2) is 16.9. The summed E-state index contributed by atoms with van der Waals surface area (Å²) in [5, 5.41) is 5.48. The van der Waals surface area contributed by atoms with Gasteiger partial charge in [0.2, 0.25) is 11.8 Å². The number of hydrogen-bond acceptors (Lipinski definition) is 9. The molecular formula is C42H54N6O6. The van der Waals surface area contributed by atoms with Crippen LogP contribution in [-0.2, 0) is 43.4 Å². The van der Waals surface area contributed by atoms with Gasteiger partial charge in [-0.15, -0.1) is 0 Å². The molecule has 0 radical (unpaired) electrons. The fourth-order valence-corrected chi connectivity index (χ4v) is 8.84. The van der Waals surface area contributed by atoms with Gasteiger partial charge in [-0.25, -0.2) is 9.48 Å². The van der Waals surface area contributed by atoms with Crippen molar-refractivity contribution in [3.05, 3.63) is 70.4 Å². The van der Waals surface area contributed by atoms with Crippen LogP contribution in [0.1, 0.15) is 61.3 Å². The molecule has 3 saturated heterocycles. The van der Waals surface area contributed by atoms with Crippen LogP contribution in [0.3, 0.4) is 0 Å². The normalized spacial score (nSPS) is 19.8. The van der Waals surface area contributed by atoms with Gasteiger partial charge in [-0.3, -0.25) is 19.3 Å². The largest absolute Gasteiger partial charge is 0.510 e. The van der Waals surface area contributed by atoms with E-state index in [4.69, 9.17) is 9.47 Å². The first-order chi connectivity index (χ1) is 26.1. The lowest BCUT2D eigenvalue weighted by Gasteiger charge is -2.43. The zero-order valence-corrected chi connectivity index (χ0v) is 32.0. The van der Waals surface area contributed by atoms with Gasteiger partial charge in [0.05, 0.1) is 18.0 Å². The van der Waals surface area contributed by atoms with E-state index in [1.165, 1.54) is 0 Å². The molecule has 0 saturated carbocycles. The first-order valence-corrected chi connectivity index (χ1v) is 19.7. The fraction of sp³-hybridized carbons (Fsp3) is 0.548. The van der Waals surface area contributed by atoms with Gasteiger partial charge in [-0.2, -0.15) is 5.10 Å². The second-order valence-corrected chi connectivity index (χ2v) is 15.5. The fourth-order valence-electron chi connectivity index (χ4n) is 8.84. The highest BCUT2D eigenvalue weighted by molar-refractivity contribution is 6.04. The minimum Gasteiger partial charge on any atom is -0.435 e. The number of likely N-dealkylation sites (tertiary alicyclic amines) is 2. The van der Waals surface area contributed by atoms with Crippen LogP contribution in [0.25, 0.3) is 17.0 Å². The number of nitrogens with zero attached hydrogens (tertiary/aromatic N) is 6. The van der Waals surface area contributed by atoms with Gasteiger partial charge in [-0.1, -0.05) is 30.3 Å². The Labute approximate surface area is 318 Å². The summed E-state index contributed by atoms with van der Waals surface area (Å²) in [5.41, 5.74) is 5.76. The van der Waals surface area contributed by atoms with E-state index in [-0.39, 0.29) is 43.3 Å². The number of ether oxygens (including phenoxy) is 2. The van der Waals surface area contributed by atoms with E-state index in [1.807, 2.05) is 53.3 Å². The number of allylic oxidation sites excluding steroid dienone is 1. The van der Waals surface area contributed by atoms with Crippen LogP contribution < -0.4 is 0 Å². The monoisotopic (exact) mass is 738 g/mol. The molecule has 4 heterocycles. The Balaban J connectivity index is 1.04. The number of fused-ring (bicyclic) bond motifs is 2. The van der Waals surface area contributed by atoms with Gasteiger partial charge in [0.1, 0.15) is 0 Å². The van der Waals surface area contributed by atoms with Gasteiger partial charge in [0.15, 0.2) is 12.5 Å². The van der Waals surface area contributed by atoms with Crippen molar-refractivity contribution in [2.24, 2.45) is 11.8 Å². The molecule has 2 aromatic carbocycles. The van der Waals surface area contributed by atoms with Crippen molar-refractivity contribution >= 4 is 40.7 Å². The summed E-state index contributed by atoms with van der Waals surface area (Å²) in [5.74, 6) is -0.166. The summed E-state index contributed by atoms with van der Waals surface area (Å²) in [6.07, 6.45) is 7.92. The summed E-state index contributed by atoms with van der Waals surface area (Å²) in [6.45, 7) is 10.2. The topological polar surface area (TPSA) is 118 Å². The van der Waals surface area contributed by atoms with Crippen molar-refractivity contribution < 1.29 is 28.7 Å². The molecule has 3 fully saturated rings. The Kier molecular flexibility index (Phi) is 11.8. The number of aromatic nitrogens is 2. The molecule has 1 aliphatic carbocycles.